The second-order valence-corrected chi connectivity index (χ2v) is 8.54. The summed E-state index contributed by atoms with van der Waals surface area (Å²) in [6, 6.07) is 10.7. The standard InChI is InChI=1S/C20H19Cl2NO4S/c1-3-4-9-27-19-11-14(5-8-18(19)26-2)10-16(13-23)28(24,25)20-12-15(21)6-7-17(20)22/h5-8,10-12H,3-4,9H2,1-2H3/b16-10+. The van der Waals surface area contributed by atoms with Gasteiger partial charge < -0.3 is 9.47 Å². The molecule has 0 amide bonds. The van der Waals surface area contributed by atoms with Crippen molar-refractivity contribution < 1.29 is 17.9 Å². The number of unbranched alkanes of at least 4 members (excludes halogenated alkanes) is 1. The highest BCUT2D eigenvalue weighted by atomic mass is 35.5. The third kappa shape index (κ3) is 5.20. The Kier molecular flexibility index (Phi) is 7.76. The molecule has 0 unspecified atom stereocenters. The van der Waals surface area contributed by atoms with Gasteiger partial charge in [-0.1, -0.05) is 42.6 Å². The van der Waals surface area contributed by atoms with Crippen molar-refractivity contribution in [3.05, 3.63) is 56.9 Å². The third-order valence-electron chi connectivity index (χ3n) is 3.82. The molecule has 0 aromatic heterocycles. The summed E-state index contributed by atoms with van der Waals surface area (Å²) in [5.74, 6) is 0.993. The summed E-state index contributed by atoms with van der Waals surface area (Å²) in [5, 5.41) is 9.65. The van der Waals surface area contributed by atoms with Crippen molar-refractivity contribution in [3.63, 3.8) is 0 Å². The lowest BCUT2D eigenvalue weighted by Gasteiger charge is -2.11. The maximum absolute atomic E-state index is 12.9. The first-order valence-corrected chi connectivity index (χ1v) is 10.7. The summed E-state index contributed by atoms with van der Waals surface area (Å²) in [6.45, 7) is 2.55. The third-order valence-corrected chi connectivity index (χ3v) is 6.21. The number of halogens is 2. The number of nitriles is 1. The highest BCUT2D eigenvalue weighted by Gasteiger charge is 2.24. The molecule has 148 valence electrons. The van der Waals surface area contributed by atoms with Crippen LogP contribution in [0.25, 0.3) is 6.08 Å². The zero-order chi connectivity index (χ0) is 20.7. The van der Waals surface area contributed by atoms with Crippen LogP contribution in [0.15, 0.2) is 46.2 Å². The van der Waals surface area contributed by atoms with Crippen molar-refractivity contribution in [1.82, 2.24) is 0 Å². The van der Waals surface area contributed by atoms with E-state index >= 15 is 0 Å². The molecule has 28 heavy (non-hydrogen) atoms. The van der Waals surface area contributed by atoms with E-state index in [1.54, 1.807) is 24.3 Å². The fourth-order valence-corrected chi connectivity index (χ4v) is 4.26. The molecule has 0 saturated carbocycles. The maximum atomic E-state index is 12.9. The first-order chi connectivity index (χ1) is 13.3. The van der Waals surface area contributed by atoms with Crippen LogP contribution in [-0.2, 0) is 9.84 Å². The van der Waals surface area contributed by atoms with Crippen molar-refractivity contribution in [2.45, 2.75) is 24.7 Å². The van der Waals surface area contributed by atoms with Gasteiger partial charge in [0.1, 0.15) is 11.0 Å². The molecule has 0 aliphatic carbocycles. The molecular formula is C20H19Cl2NO4S. The molecular weight excluding hydrogens is 421 g/mol. The molecule has 0 aliphatic heterocycles. The number of hydrogen-bond acceptors (Lipinski definition) is 5. The summed E-state index contributed by atoms with van der Waals surface area (Å²) >= 11 is 11.9. The summed E-state index contributed by atoms with van der Waals surface area (Å²) in [6.07, 6.45) is 3.10. The van der Waals surface area contributed by atoms with Crippen LogP contribution in [0.3, 0.4) is 0 Å². The molecule has 0 fully saturated rings. The minimum absolute atomic E-state index is 0.0103. The van der Waals surface area contributed by atoms with E-state index in [-0.39, 0.29) is 14.9 Å². The number of nitrogens with zero attached hydrogens (tertiary/aromatic N) is 1. The van der Waals surface area contributed by atoms with Gasteiger partial charge in [0.25, 0.3) is 0 Å². The number of benzene rings is 2. The van der Waals surface area contributed by atoms with E-state index < -0.39 is 14.7 Å². The van der Waals surface area contributed by atoms with Crippen LogP contribution in [0.4, 0.5) is 0 Å². The first kappa shape index (κ1) is 22.1. The number of hydrogen-bond donors (Lipinski definition) is 0. The van der Waals surface area contributed by atoms with Gasteiger partial charge in [-0.25, -0.2) is 8.42 Å². The summed E-state index contributed by atoms with van der Waals surface area (Å²) in [4.78, 5) is -0.677. The van der Waals surface area contributed by atoms with Crippen LogP contribution < -0.4 is 9.47 Å². The van der Waals surface area contributed by atoms with Crippen molar-refractivity contribution in [1.29, 1.82) is 5.26 Å². The Morgan fingerprint density at radius 1 is 1.18 bits per heavy atom. The van der Waals surface area contributed by atoms with Crippen LogP contribution in [0.5, 0.6) is 11.5 Å². The molecule has 0 bridgehead atoms. The molecule has 0 atom stereocenters. The molecule has 5 nitrogen and oxygen atoms in total. The smallest absolute Gasteiger partial charge is 0.218 e. The zero-order valence-electron chi connectivity index (χ0n) is 15.4. The Hall–Kier alpha value is -2.20. The molecule has 2 rings (SSSR count). The number of ether oxygens (including phenoxy) is 2. The SMILES string of the molecule is CCCCOc1cc(/C=C(\C#N)S(=O)(=O)c2cc(Cl)ccc2Cl)ccc1OC. The topological polar surface area (TPSA) is 76.4 Å². The lowest BCUT2D eigenvalue weighted by atomic mass is 10.2. The molecule has 0 spiro atoms. The Morgan fingerprint density at radius 3 is 2.57 bits per heavy atom. The fourth-order valence-electron chi connectivity index (χ4n) is 2.35. The van der Waals surface area contributed by atoms with Crippen LogP contribution in [0, 0.1) is 11.3 Å². The lowest BCUT2D eigenvalue weighted by molar-refractivity contribution is 0.288. The molecule has 0 saturated heterocycles. The number of methoxy groups -OCH3 is 1. The second-order valence-electron chi connectivity index (χ2n) is 5.81. The molecule has 0 N–H and O–H groups in total. The molecule has 0 aliphatic rings. The highest BCUT2D eigenvalue weighted by molar-refractivity contribution is 7.95. The monoisotopic (exact) mass is 439 g/mol. The van der Waals surface area contributed by atoms with Gasteiger partial charge in [0, 0.05) is 5.02 Å². The fraction of sp³-hybridized carbons (Fsp3) is 0.250. The van der Waals surface area contributed by atoms with Gasteiger partial charge in [-0.05, 0) is 48.4 Å². The molecule has 8 heteroatoms. The Labute approximate surface area is 175 Å². The van der Waals surface area contributed by atoms with Crippen LogP contribution in [-0.4, -0.2) is 22.1 Å². The van der Waals surface area contributed by atoms with E-state index in [0.717, 1.165) is 12.8 Å². The predicted octanol–water partition coefficient (Wildman–Crippen LogP) is 5.52. The summed E-state index contributed by atoms with van der Waals surface area (Å²) < 4.78 is 36.7. The first-order valence-electron chi connectivity index (χ1n) is 8.46. The molecule has 0 heterocycles. The van der Waals surface area contributed by atoms with Crippen molar-refractivity contribution in [3.8, 4) is 17.6 Å². The van der Waals surface area contributed by atoms with Gasteiger partial charge in [-0.3, -0.25) is 0 Å². The minimum atomic E-state index is -4.14. The number of sulfone groups is 1. The van der Waals surface area contributed by atoms with Gasteiger partial charge in [-0.15, -0.1) is 0 Å². The zero-order valence-corrected chi connectivity index (χ0v) is 17.7. The van der Waals surface area contributed by atoms with Crippen molar-refractivity contribution >= 4 is 39.1 Å². The van der Waals surface area contributed by atoms with E-state index in [1.807, 2.05) is 6.92 Å². The van der Waals surface area contributed by atoms with E-state index in [4.69, 9.17) is 32.7 Å². The summed E-state index contributed by atoms with van der Waals surface area (Å²) in [7, 11) is -2.62. The van der Waals surface area contributed by atoms with Gasteiger partial charge in [0.05, 0.1) is 23.6 Å². The average molecular weight is 440 g/mol. The minimum Gasteiger partial charge on any atom is -0.493 e. The Balaban J connectivity index is 2.47. The van der Waals surface area contributed by atoms with Gasteiger partial charge in [0.15, 0.2) is 11.5 Å². The van der Waals surface area contributed by atoms with Crippen molar-refractivity contribution in [2.75, 3.05) is 13.7 Å². The second kappa shape index (κ2) is 9.83. The van der Waals surface area contributed by atoms with Gasteiger partial charge in [0.2, 0.25) is 9.84 Å². The lowest BCUT2D eigenvalue weighted by Crippen LogP contribution is -2.04. The maximum Gasteiger partial charge on any atom is 0.218 e. The normalized spacial score (nSPS) is 11.8. The van der Waals surface area contributed by atoms with Crippen LogP contribution in [0.2, 0.25) is 10.0 Å². The van der Waals surface area contributed by atoms with Crippen molar-refractivity contribution in [2.24, 2.45) is 0 Å². The number of allylic oxidation sites excluding steroid dienone is 1. The van der Waals surface area contributed by atoms with E-state index in [2.05, 4.69) is 0 Å². The Morgan fingerprint density at radius 2 is 1.93 bits per heavy atom. The summed E-state index contributed by atoms with van der Waals surface area (Å²) in [5.41, 5.74) is 0.477. The highest BCUT2D eigenvalue weighted by Crippen LogP contribution is 2.32. The van der Waals surface area contributed by atoms with E-state index in [1.165, 1.54) is 31.4 Å². The van der Waals surface area contributed by atoms with Crippen LogP contribution in [0.1, 0.15) is 25.3 Å². The molecule has 2 aromatic carbocycles. The van der Waals surface area contributed by atoms with E-state index in [0.29, 0.717) is 23.7 Å². The average Bonchev–Trinajstić information content (AvgIpc) is 2.68. The van der Waals surface area contributed by atoms with Gasteiger partial charge >= 0.3 is 0 Å². The molecule has 2 aromatic rings. The van der Waals surface area contributed by atoms with Gasteiger partial charge in [-0.2, -0.15) is 5.26 Å². The predicted molar refractivity (Wildman–Crippen MR) is 111 cm³/mol. The molecule has 0 radical (unpaired) electrons. The largest absolute Gasteiger partial charge is 0.493 e. The number of rotatable bonds is 8. The van der Waals surface area contributed by atoms with Crippen LogP contribution >= 0.6 is 23.2 Å². The van der Waals surface area contributed by atoms with E-state index in [9.17, 15) is 13.7 Å². The quantitative estimate of drug-likeness (QED) is 0.399. The Bertz CT molecular complexity index is 1030.